The number of ether oxygens (including phenoxy) is 1. The molecule has 0 N–H and O–H groups in total. The third kappa shape index (κ3) is 7.11. The predicted octanol–water partition coefficient (Wildman–Crippen LogP) is 7.89. The molecule has 0 radical (unpaired) electrons. The van der Waals surface area contributed by atoms with Crippen LogP contribution in [0.1, 0.15) is 64.4 Å². The zero-order chi connectivity index (χ0) is 26.0. The highest BCUT2D eigenvalue weighted by atomic mass is 32.2. The van der Waals surface area contributed by atoms with E-state index in [2.05, 4.69) is 13.8 Å². The second kappa shape index (κ2) is 13.6. The molecule has 0 unspecified atom stereocenters. The molecule has 1 aliphatic heterocycles. The van der Waals surface area contributed by atoms with E-state index < -0.39 is 0 Å². The van der Waals surface area contributed by atoms with Gasteiger partial charge in [0, 0.05) is 23.9 Å². The number of unbranched alkanes of at least 4 members (excludes halogenated alkanes) is 5. The van der Waals surface area contributed by atoms with Crippen molar-refractivity contribution in [2.75, 3.05) is 13.2 Å². The van der Waals surface area contributed by atoms with E-state index in [0.29, 0.717) is 22.4 Å². The summed E-state index contributed by atoms with van der Waals surface area (Å²) in [5, 5.41) is 4.90. The van der Waals surface area contributed by atoms with Crippen LogP contribution in [0.2, 0.25) is 0 Å². The zero-order valence-corrected chi connectivity index (χ0v) is 23.3. The summed E-state index contributed by atoms with van der Waals surface area (Å²) in [6.45, 7) is 5.75. The van der Waals surface area contributed by atoms with E-state index in [0.717, 1.165) is 53.9 Å². The Morgan fingerprint density at radius 1 is 0.946 bits per heavy atom. The Labute approximate surface area is 229 Å². The second-order valence-corrected chi connectivity index (χ2v) is 10.9. The summed E-state index contributed by atoms with van der Waals surface area (Å²) in [4.78, 5) is 15.6. The number of benzene rings is 2. The number of carbonyl (C=O) groups is 1. The lowest BCUT2D eigenvalue weighted by Crippen LogP contribution is -2.29. The Bertz CT molecular complexity index is 1220. The molecule has 1 fully saturated rings. The third-order valence-corrected chi connectivity index (χ3v) is 7.68. The molecule has 7 heteroatoms. The Balaban J connectivity index is 1.59. The number of amides is 1. The van der Waals surface area contributed by atoms with Crippen molar-refractivity contribution in [2.45, 2.75) is 58.8 Å². The standard InChI is InChI=1S/C30H35N3O2S2/c1-3-5-7-8-12-19-32-29(34)27(37-30(32)36)21-24-22-33(25-13-10-9-11-14-25)31-28(24)23-15-17-26(18-16-23)35-20-6-4-2/h9-11,13-18,21-22H,3-8,12,19-20H2,1-2H3/b27-21-. The summed E-state index contributed by atoms with van der Waals surface area (Å²) in [5.41, 5.74) is 3.62. The van der Waals surface area contributed by atoms with Crippen LogP contribution in [0.25, 0.3) is 23.0 Å². The number of hydrogen-bond donors (Lipinski definition) is 0. The molecular formula is C30H35N3O2S2. The summed E-state index contributed by atoms with van der Waals surface area (Å²) >= 11 is 6.95. The van der Waals surface area contributed by atoms with Crippen molar-refractivity contribution < 1.29 is 9.53 Å². The molecule has 0 bridgehead atoms. The molecule has 194 valence electrons. The van der Waals surface area contributed by atoms with Gasteiger partial charge in [0.15, 0.2) is 0 Å². The number of thiocarbonyl (C=S) groups is 1. The fraction of sp³-hybridized carbons (Fsp3) is 0.367. The fourth-order valence-electron chi connectivity index (χ4n) is 4.18. The third-order valence-electron chi connectivity index (χ3n) is 6.30. The summed E-state index contributed by atoms with van der Waals surface area (Å²) in [6.07, 6.45) is 11.8. The van der Waals surface area contributed by atoms with Crippen LogP contribution in [-0.4, -0.2) is 38.1 Å². The highest BCUT2D eigenvalue weighted by Crippen LogP contribution is 2.35. The van der Waals surface area contributed by atoms with Crippen molar-refractivity contribution in [1.29, 1.82) is 0 Å². The Kier molecular flexibility index (Phi) is 9.97. The van der Waals surface area contributed by atoms with Crippen molar-refractivity contribution in [2.24, 2.45) is 0 Å². The average Bonchev–Trinajstić information content (AvgIpc) is 3.46. The maximum absolute atomic E-state index is 13.2. The molecule has 5 nitrogen and oxygen atoms in total. The number of nitrogens with zero attached hydrogens (tertiary/aromatic N) is 3. The van der Waals surface area contributed by atoms with Crippen LogP contribution in [0.3, 0.4) is 0 Å². The maximum Gasteiger partial charge on any atom is 0.266 e. The maximum atomic E-state index is 13.2. The molecule has 1 amide bonds. The number of para-hydroxylation sites is 1. The summed E-state index contributed by atoms with van der Waals surface area (Å²) in [6, 6.07) is 18.0. The SMILES string of the molecule is CCCCCCCN1C(=O)/C(=C/c2cn(-c3ccccc3)nc2-c2ccc(OCCCC)cc2)SC1=S. The Morgan fingerprint density at radius 3 is 2.41 bits per heavy atom. The monoisotopic (exact) mass is 533 g/mol. The van der Waals surface area contributed by atoms with Crippen LogP contribution in [0.4, 0.5) is 0 Å². The van der Waals surface area contributed by atoms with E-state index in [9.17, 15) is 4.79 Å². The lowest BCUT2D eigenvalue weighted by Gasteiger charge is -2.13. The normalized spacial score (nSPS) is 14.6. The molecule has 1 saturated heterocycles. The number of aromatic nitrogens is 2. The number of rotatable bonds is 13. The van der Waals surface area contributed by atoms with Crippen LogP contribution < -0.4 is 4.74 Å². The molecule has 2 aromatic carbocycles. The zero-order valence-electron chi connectivity index (χ0n) is 21.7. The fourth-order valence-corrected chi connectivity index (χ4v) is 5.48. The summed E-state index contributed by atoms with van der Waals surface area (Å²) < 4.78 is 8.33. The van der Waals surface area contributed by atoms with E-state index in [1.807, 2.05) is 71.6 Å². The van der Waals surface area contributed by atoms with Crippen LogP contribution in [0.15, 0.2) is 65.7 Å². The minimum atomic E-state index is -0.0106. The first kappa shape index (κ1) is 27.1. The first-order valence-corrected chi connectivity index (χ1v) is 14.5. The minimum absolute atomic E-state index is 0.0106. The number of thioether (sulfide) groups is 1. The van der Waals surface area contributed by atoms with E-state index >= 15 is 0 Å². The largest absolute Gasteiger partial charge is 0.494 e. The van der Waals surface area contributed by atoms with Gasteiger partial charge in [-0.1, -0.05) is 88.1 Å². The minimum Gasteiger partial charge on any atom is -0.494 e. The topological polar surface area (TPSA) is 47.4 Å². The van der Waals surface area contributed by atoms with Gasteiger partial charge in [-0.05, 0) is 55.3 Å². The smallest absolute Gasteiger partial charge is 0.266 e. The number of carbonyl (C=O) groups excluding carboxylic acids is 1. The molecule has 1 aromatic heterocycles. The molecule has 0 aliphatic carbocycles. The highest BCUT2D eigenvalue weighted by Gasteiger charge is 2.32. The van der Waals surface area contributed by atoms with Crippen molar-refractivity contribution in [3.63, 3.8) is 0 Å². The quantitative estimate of drug-likeness (QED) is 0.127. The van der Waals surface area contributed by atoms with Crippen molar-refractivity contribution in [3.8, 4) is 22.7 Å². The van der Waals surface area contributed by atoms with Crippen molar-refractivity contribution in [3.05, 3.63) is 71.3 Å². The lowest BCUT2D eigenvalue weighted by molar-refractivity contribution is -0.122. The molecule has 0 spiro atoms. The van der Waals surface area contributed by atoms with Gasteiger partial charge < -0.3 is 4.74 Å². The van der Waals surface area contributed by atoms with Gasteiger partial charge in [0.2, 0.25) is 0 Å². The van der Waals surface area contributed by atoms with Crippen molar-refractivity contribution in [1.82, 2.24) is 14.7 Å². The van der Waals surface area contributed by atoms with Crippen LogP contribution >= 0.6 is 24.0 Å². The molecule has 3 aromatic rings. The van der Waals surface area contributed by atoms with E-state index in [1.54, 1.807) is 4.90 Å². The van der Waals surface area contributed by atoms with Gasteiger partial charge in [-0.25, -0.2) is 4.68 Å². The Hall–Kier alpha value is -2.90. The van der Waals surface area contributed by atoms with Gasteiger partial charge in [-0.2, -0.15) is 5.10 Å². The first-order chi connectivity index (χ1) is 18.1. The highest BCUT2D eigenvalue weighted by molar-refractivity contribution is 8.26. The van der Waals surface area contributed by atoms with E-state index in [-0.39, 0.29) is 5.91 Å². The summed E-state index contributed by atoms with van der Waals surface area (Å²) in [5.74, 6) is 0.838. The van der Waals surface area contributed by atoms with Gasteiger partial charge in [0.05, 0.1) is 22.9 Å². The van der Waals surface area contributed by atoms with Crippen molar-refractivity contribution >= 4 is 40.3 Å². The van der Waals surface area contributed by atoms with Crippen LogP contribution in [0, 0.1) is 0 Å². The van der Waals surface area contributed by atoms with Gasteiger partial charge in [0.25, 0.3) is 5.91 Å². The lowest BCUT2D eigenvalue weighted by atomic mass is 10.1. The van der Waals surface area contributed by atoms with Gasteiger partial charge in [-0.3, -0.25) is 9.69 Å². The molecule has 2 heterocycles. The predicted molar refractivity (Wildman–Crippen MR) is 158 cm³/mol. The summed E-state index contributed by atoms with van der Waals surface area (Å²) in [7, 11) is 0. The molecule has 0 saturated carbocycles. The average molecular weight is 534 g/mol. The number of hydrogen-bond acceptors (Lipinski definition) is 5. The molecule has 0 atom stereocenters. The van der Waals surface area contributed by atoms with Gasteiger partial charge >= 0.3 is 0 Å². The van der Waals surface area contributed by atoms with E-state index in [1.165, 1.54) is 31.0 Å². The van der Waals surface area contributed by atoms with Gasteiger partial charge in [-0.15, -0.1) is 0 Å². The van der Waals surface area contributed by atoms with Crippen LogP contribution in [-0.2, 0) is 4.79 Å². The van der Waals surface area contributed by atoms with Crippen LogP contribution in [0.5, 0.6) is 5.75 Å². The Morgan fingerprint density at radius 2 is 1.68 bits per heavy atom. The van der Waals surface area contributed by atoms with E-state index in [4.69, 9.17) is 22.1 Å². The molecule has 4 rings (SSSR count). The molecular weight excluding hydrogens is 498 g/mol. The second-order valence-electron chi connectivity index (χ2n) is 9.19. The molecule has 37 heavy (non-hydrogen) atoms. The first-order valence-electron chi connectivity index (χ1n) is 13.2. The molecule has 1 aliphatic rings. The van der Waals surface area contributed by atoms with Gasteiger partial charge in [0.1, 0.15) is 10.1 Å².